The Bertz CT molecular complexity index is 928. The second-order valence-corrected chi connectivity index (χ2v) is 5.86. The van der Waals surface area contributed by atoms with E-state index >= 15 is 0 Å². The lowest BCUT2D eigenvalue weighted by atomic mass is 10.1. The predicted octanol–water partition coefficient (Wildman–Crippen LogP) is 3.03. The van der Waals surface area contributed by atoms with E-state index in [0.29, 0.717) is 23.9 Å². The molecule has 8 nitrogen and oxygen atoms in total. The van der Waals surface area contributed by atoms with Crippen LogP contribution in [-0.4, -0.2) is 37.5 Å². The predicted molar refractivity (Wildman–Crippen MR) is 109 cm³/mol. The van der Waals surface area contributed by atoms with Gasteiger partial charge in [-0.15, -0.1) is 0 Å². The number of aromatic amines is 1. The molecule has 0 bridgehead atoms. The van der Waals surface area contributed by atoms with Gasteiger partial charge in [0.15, 0.2) is 11.8 Å². The number of hydrogen-bond donors (Lipinski definition) is 3. The second-order valence-electron chi connectivity index (χ2n) is 5.86. The molecule has 0 aliphatic rings. The molecule has 2 aromatic carbocycles. The minimum Gasteiger partial charge on any atom is -0.497 e. The fraction of sp³-hybridized carbons (Fsp3) is 0.200. The first-order valence-corrected chi connectivity index (χ1v) is 8.61. The summed E-state index contributed by atoms with van der Waals surface area (Å²) in [6, 6.07) is 15.1. The number of anilines is 1. The van der Waals surface area contributed by atoms with Crippen molar-refractivity contribution in [2.24, 2.45) is 10.7 Å². The summed E-state index contributed by atoms with van der Waals surface area (Å²) in [5.74, 6) is 2.99. The van der Waals surface area contributed by atoms with Gasteiger partial charge in [0, 0.05) is 6.07 Å². The van der Waals surface area contributed by atoms with Crippen molar-refractivity contribution in [3.63, 3.8) is 0 Å². The first-order chi connectivity index (χ1) is 13.6. The van der Waals surface area contributed by atoms with Gasteiger partial charge in [-0.3, -0.25) is 5.10 Å². The van der Waals surface area contributed by atoms with Crippen LogP contribution in [0.4, 0.5) is 5.82 Å². The Hall–Kier alpha value is -3.68. The van der Waals surface area contributed by atoms with Crippen LogP contribution >= 0.6 is 0 Å². The SMILES string of the molecule is COc1ccc(-c2cc(NC(N)=NCc3c(OC)cccc3OC)n[nH]2)cc1. The van der Waals surface area contributed by atoms with Gasteiger partial charge in [0.1, 0.15) is 17.2 Å². The highest BCUT2D eigenvalue weighted by atomic mass is 16.5. The first-order valence-electron chi connectivity index (χ1n) is 8.61. The van der Waals surface area contributed by atoms with Gasteiger partial charge in [-0.2, -0.15) is 5.10 Å². The van der Waals surface area contributed by atoms with Crippen molar-refractivity contribution in [2.45, 2.75) is 6.54 Å². The summed E-state index contributed by atoms with van der Waals surface area (Å²) < 4.78 is 15.9. The average molecular weight is 381 g/mol. The van der Waals surface area contributed by atoms with Crippen molar-refractivity contribution in [3.8, 4) is 28.5 Å². The summed E-state index contributed by atoms with van der Waals surface area (Å²) in [6.07, 6.45) is 0. The van der Waals surface area contributed by atoms with Gasteiger partial charge in [0.25, 0.3) is 0 Å². The van der Waals surface area contributed by atoms with E-state index in [0.717, 1.165) is 22.6 Å². The Kier molecular flexibility index (Phi) is 6.01. The fourth-order valence-corrected chi connectivity index (χ4v) is 2.72. The molecule has 0 aliphatic carbocycles. The average Bonchev–Trinajstić information content (AvgIpc) is 3.20. The van der Waals surface area contributed by atoms with E-state index in [-0.39, 0.29) is 5.96 Å². The zero-order chi connectivity index (χ0) is 19.9. The van der Waals surface area contributed by atoms with E-state index in [9.17, 15) is 0 Å². The monoisotopic (exact) mass is 381 g/mol. The van der Waals surface area contributed by atoms with Crippen LogP contribution in [0.3, 0.4) is 0 Å². The molecule has 28 heavy (non-hydrogen) atoms. The molecule has 146 valence electrons. The van der Waals surface area contributed by atoms with E-state index in [4.69, 9.17) is 19.9 Å². The van der Waals surface area contributed by atoms with Crippen LogP contribution in [0, 0.1) is 0 Å². The number of benzene rings is 2. The lowest BCUT2D eigenvalue weighted by Gasteiger charge is -2.11. The van der Waals surface area contributed by atoms with Crippen LogP contribution in [0.2, 0.25) is 0 Å². The van der Waals surface area contributed by atoms with Crippen LogP contribution in [-0.2, 0) is 6.54 Å². The largest absolute Gasteiger partial charge is 0.497 e. The van der Waals surface area contributed by atoms with E-state index in [1.54, 1.807) is 21.3 Å². The minimum absolute atomic E-state index is 0.237. The highest BCUT2D eigenvalue weighted by molar-refractivity contribution is 5.91. The van der Waals surface area contributed by atoms with Gasteiger partial charge >= 0.3 is 0 Å². The zero-order valence-electron chi connectivity index (χ0n) is 16.0. The zero-order valence-corrected chi connectivity index (χ0v) is 16.0. The van der Waals surface area contributed by atoms with Gasteiger partial charge in [-0.1, -0.05) is 6.07 Å². The standard InChI is InChI=1S/C20H23N5O3/c1-26-14-9-7-13(8-10-14)16-11-19(25-24-16)23-20(21)22-12-15-17(27-2)5-4-6-18(15)28-3/h4-11H,12H2,1-3H3,(H4,21,22,23,24,25). The van der Waals surface area contributed by atoms with Crippen molar-refractivity contribution in [2.75, 3.05) is 26.6 Å². The van der Waals surface area contributed by atoms with Gasteiger partial charge < -0.3 is 25.3 Å². The molecule has 0 amide bonds. The summed E-state index contributed by atoms with van der Waals surface area (Å²) in [4.78, 5) is 4.36. The number of nitrogens with one attached hydrogen (secondary N) is 2. The molecule has 1 aromatic heterocycles. The summed E-state index contributed by atoms with van der Waals surface area (Å²) in [7, 11) is 4.85. The molecular weight excluding hydrogens is 358 g/mol. The topological polar surface area (TPSA) is 107 Å². The van der Waals surface area contributed by atoms with E-state index < -0.39 is 0 Å². The number of nitrogens with zero attached hydrogens (tertiary/aromatic N) is 2. The van der Waals surface area contributed by atoms with Crippen molar-refractivity contribution < 1.29 is 14.2 Å². The molecule has 3 rings (SSSR count). The summed E-state index contributed by atoms with van der Waals surface area (Å²) >= 11 is 0. The van der Waals surface area contributed by atoms with Gasteiger partial charge in [-0.05, 0) is 42.0 Å². The molecule has 0 spiro atoms. The number of nitrogens with two attached hydrogens (primary N) is 1. The van der Waals surface area contributed by atoms with E-state index in [1.165, 1.54) is 0 Å². The van der Waals surface area contributed by atoms with Crippen LogP contribution < -0.4 is 25.3 Å². The molecule has 0 fully saturated rings. The molecule has 0 unspecified atom stereocenters. The van der Waals surface area contributed by atoms with Crippen molar-refractivity contribution in [1.29, 1.82) is 0 Å². The smallest absolute Gasteiger partial charge is 0.194 e. The number of H-pyrrole nitrogens is 1. The van der Waals surface area contributed by atoms with Gasteiger partial charge in [0.2, 0.25) is 0 Å². The normalized spacial score (nSPS) is 11.2. The maximum atomic E-state index is 6.01. The maximum Gasteiger partial charge on any atom is 0.194 e. The Balaban J connectivity index is 1.70. The fourth-order valence-electron chi connectivity index (χ4n) is 2.72. The summed E-state index contributed by atoms with van der Waals surface area (Å²) in [5, 5.41) is 10.2. The molecule has 1 heterocycles. The number of rotatable bonds is 7. The quantitative estimate of drug-likeness (QED) is 0.429. The van der Waals surface area contributed by atoms with Crippen LogP contribution in [0.1, 0.15) is 5.56 Å². The van der Waals surface area contributed by atoms with Crippen LogP contribution in [0.25, 0.3) is 11.3 Å². The molecule has 3 aromatic rings. The Morgan fingerprint density at radius 1 is 1.04 bits per heavy atom. The van der Waals surface area contributed by atoms with Crippen LogP contribution in [0.5, 0.6) is 17.2 Å². The lowest BCUT2D eigenvalue weighted by molar-refractivity contribution is 0.385. The Morgan fingerprint density at radius 3 is 2.32 bits per heavy atom. The Labute approximate surface area is 163 Å². The number of methoxy groups -OCH3 is 3. The highest BCUT2D eigenvalue weighted by Gasteiger charge is 2.10. The van der Waals surface area contributed by atoms with Crippen LogP contribution in [0.15, 0.2) is 53.5 Å². The highest BCUT2D eigenvalue weighted by Crippen LogP contribution is 2.29. The molecule has 8 heteroatoms. The summed E-state index contributed by atoms with van der Waals surface area (Å²) in [6.45, 7) is 0.307. The molecular formula is C20H23N5O3. The van der Waals surface area contributed by atoms with E-state index in [1.807, 2.05) is 48.5 Å². The van der Waals surface area contributed by atoms with Gasteiger partial charge in [-0.25, -0.2) is 4.99 Å². The number of aromatic nitrogens is 2. The molecule has 0 saturated heterocycles. The number of aliphatic imine (C=N–C) groups is 1. The van der Waals surface area contributed by atoms with Crippen molar-refractivity contribution in [3.05, 3.63) is 54.1 Å². The third-order valence-corrected chi connectivity index (χ3v) is 4.17. The number of ether oxygens (including phenoxy) is 3. The summed E-state index contributed by atoms with van der Waals surface area (Å²) in [5.41, 5.74) is 8.66. The lowest BCUT2D eigenvalue weighted by Crippen LogP contribution is -2.22. The molecule has 4 N–H and O–H groups in total. The maximum absolute atomic E-state index is 6.01. The molecule has 0 atom stereocenters. The third kappa shape index (κ3) is 4.35. The molecule has 0 aliphatic heterocycles. The van der Waals surface area contributed by atoms with Gasteiger partial charge in [0.05, 0.1) is 39.1 Å². The van der Waals surface area contributed by atoms with Crippen molar-refractivity contribution >= 4 is 11.8 Å². The minimum atomic E-state index is 0.237. The molecule has 0 radical (unpaired) electrons. The number of guanidine groups is 1. The molecule has 0 saturated carbocycles. The number of hydrogen-bond acceptors (Lipinski definition) is 5. The van der Waals surface area contributed by atoms with Crippen molar-refractivity contribution in [1.82, 2.24) is 10.2 Å². The van der Waals surface area contributed by atoms with E-state index in [2.05, 4.69) is 20.5 Å². The second kappa shape index (κ2) is 8.81. The first kappa shape index (κ1) is 19.1. The Morgan fingerprint density at radius 2 is 1.71 bits per heavy atom. The third-order valence-electron chi connectivity index (χ3n) is 4.17.